The zero-order valence-electron chi connectivity index (χ0n) is 14.4. The van der Waals surface area contributed by atoms with Gasteiger partial charge in [0.2, 0.25) is 5.88 Å². The Bertz CT molecular complexity index is 941. The quantitative estimate of drug-likeness (QED) is 0.590. The Morgan fingerprint density at radius 1 is 0.880 bits per heavy atom. The summed E-state index contributed by atoms with van der Waals surface area (Å²) < 4.78 is 12.1. The Labute approximate surface area is 147 Å². The predicted molar refractivity (Wildman–Crippen MR) is 99.4 cm³/mol. The van der Waals surface area contributed by atoms with Gasteiger partial charge in [-0.25, -0.2) is 0 Å². The van der Waals surface area contributed by atoms with E-state index < -0.39 is 0 Å². The lowest BCUT2D eigenvalue weighted by Crippen LogP contribution is -2.17. The number of anilines is 3. The first-order valence-corrected chi connectivity index (χ1v) is 9.02. The average Bonchev–Trinajstić information content (AvgIpc) is 3.06. The van der Waals surface area contributed by atoms with Gasteiger partial charge >= 0.3 is 0 Å². The van der Waals surface area contributed by atoms with Gasteiger partial charge in [0, 0.05) is 5.56 Å². The number of nitrogens with zero attached hydrogens (tertiary/aromatic N) is 1. The number of ether oxygens (including phenoxy) is 1. The van der Waals surface area contributed by atoms with Crippen LogP contribution in [0.3, 0.4) is 0 Å². The highest BCUT2D eigenvalue weighted by molar-refractivity contribution is 5.83. The molecule has 0 aliphatic carbocycles. The lowest BCUT2D eigenvalue weighted by molar-refractivity contribution is 0.289. The standard InChI is InChI=1S/C22H21NO2/c1-15-8-11-20(21-18(15)6-4-13-24-21)23-19-7-3-2-5-16(19)9-10-17-12-14-25-22(17)23/h2-3,5,7-8,11-12,14H,4,6,9-10,13H2,1H3. The van der Waals surface area contributed by atoms with Crippen LogP contribution < -0.4 is 9.64 Å². The number of aryl methyl sites for hydroxylation is 3. The zero-order chi connectivity index (χ0) is 16.8. The Morgan fingerprint density at radius 3 is 2.72 bits per heavy atom. The molecule has 3 nitrogen and oxygen atoms in total. The predicted octanol–water partition coefficient (Wildman–Crippen LogP) is 5.48. The van der Waals surface area contributed by atoms with E-state index in [4.69, 9.17) is 9.15 Å². The van der Waals surface area contributed by atoms with E-state index in [0.717, 1.165) is 49.6 Å². The fraction of sp³-hybridized carbons (Fsp3) is 0.273. The molecule has 0 fully saturated rings. The summed E-state index contributed by atoms with van der Waals surface area (Å²) >= 11 is 0. The van der Waals surface area contributed by atoms with E-state index in [9.17, 15) is 0 Å². The molecular weight excluding hydrogens is 310 g/mol. The van der Waals surface area contributed by atoms with Crippen molar-refractivity contribution >= 4 is 17.3 Å². The van der Waals surface area contributed by atoms with E-state index in [-0.39, 0.29) is 0 Å². The van der Waals surface area contributed by atoms with Gasteiger partial charge in [-0.05, 0) is 67.5 Å². The molecule has 0 radical (unpaired) electrons. The summed E-state index contributed by atoms with van der Waals surface area (Å²) in [7, 11) is 0. The van der Waals surface area contributed by atoms with Crippen molar-refractivity contribution < 1.29 is 9.15 Å². The number of benzene rings is 2. The molecule has 5 rings (SSSR count). The van der Waals surface area contributed by atoms with E-state index in [1.165, 1.54) is 27.9 Å². The number of fused-ring (bicyclic) bond motifs is 3. The second-order valence-corrected chi connectivity index (χ2v) is 6.88. The maximum absolute atomic E-state index is 6.15. The third kappa shape index (κ3) is 2.26. The first-order valence-electron chi connectivity index (χ1n) is 9.02. The second kappa shape index (κ2) is 5.69. The largest absolute Gasteiger partial charge is 0.491 e. The van der Waals surface area contributed by atoms with Gasteiger partial charge in [-0.15, -0.1) is 0 Å². The summed E-state index contributed by atoms with van der Waals surface area (Å²) in [6.07, 6.45) is 5.98. The molecule has 0 spiro atoms. The number of para-hydroxylation sites is 1. The first-order chi connectivity index (χ1) is 12.3. The molecule has 3 heterocycles. The molecule has 2 aliphatic heterocycles. The van der Waals surface area contributed by atoms with Crippen LogP contribution in [0.4, 0.5) is 17.3 Å². The lowest BCUT2D eigenvalue weighted by Gasteiger charge is -2.29. The average molecular weight is 331 g/mol. The zero-order valence-corrected chi connectivity index (χ0v) is 14.4. The van der Waals surface area contributed by atoms with E-state index in [1.54, 1.807) is 6.26 Å². The monoisotopic (exact) mass is 331 g/mol. The van der Waals surface area contributed by atoms with E-state index >= 15 is 0 Å². The van der Waals surface area contributed by atoms with Crippen LogP contribution >= 0.6 is 0 Å². The smallest absolute Gasteiger partial charge is 0.207 e. The van der Waals surface area contributed by atoms with Crippen LogP contribution in [0.25, 0.3) is 0 Å². The third-order valence-electron chi connectivity index (χ3n) is 5.36. The van der Waals surface area contributed by atoms with Crippen LogP contribution in [0.2, 0.25) is 0 Å². The normalized spacial score (nSPS) is 15.6. The van der Waals surface area contributed by atoms with E-state index in [2.05, 4.69) is 54.3 Å². The van der Waals surface area contributed by atoms with Gasteiger partial charge in [0.15, 0.2) is 0 Å². The Morgan fingerprint density at radius 2 is 1.76 bits per heavy atom. The van der Waals surface area contributed by atoms with Gasteiger partial charge in [-0.2, -0.15) is 0 Å². The van der Waals surface area contributed by atoms with Crippen LogP contribution in [0.5, 0.6) is 5.75 Å². The molecule has 0 saturated heterocycles. The minimum Gasteiger partial charge on any atom is -0.491 e. The van der Waals surface area contributed by atoms with Gasteiger partial charge in [-0.3, -0.25) is 4.90 Å². The van der Waals surface area contributed by atoms with Crippen molar-refractivity contribution in [2.75, 3.05) is 11.5 Å². The molecule has 126 valence electrons. The second-order valence-electron chi connectivity index (χ2n) is 6.88. The van der Waals surface area contributed by atoms with Crippen LogP contribution in [0, 0.1) is 6.92 Å². The molecule has 3 aromatic rings. The Hall–Kier alpha value is -2.68. The van der Waals surface area contributed by atoms with Crippen molar-refractivity contribution in [1.82, 2.24) is 0 Å². The highest BCUT2D eigenvalue weighted by Gasteiger charge is 2.29. The van der Waals surface area contributed by atoms with Crippen molar-refractivity contribution in [3.63, 3.8) is 0 Å². The maximum Gasteiger partial charge on any atom is 0.207 e. The molecule has 25 heavy (non-hydrogen) atoms. The van der Waals surface area contributed by atoms with Crippen LogP contribution in [-0.4, -0.2) is 6.61 Å². The number of hydrogen-bond acceptors (Lipinski definition) is 3. The van der Waals surface area contributed by atoms with Gasteiger partial charge in [-0.1, -0.05) is 24.3 Å². The number of hydrogen-bond donors (Lipinski definition) is 0. The third-order valence-corrected chi connectivity index (χ3v) is 5.36. The van der Waals surface area contributed by atoms with Gasteiger partial charge < -0.3 is 9.15 Å². The highest BCUT2D eigenvalue weighted by atomic mass is 16.5. The SMILES string of the molecule is Cc1ccc(N2c3ccccc3CCc3ccoc32)c2c1CCCO2. The van der Waals surface area contributed by atoms with Crippen LogP contribution in [0.1, 0.15) is 28.7 Å². The lowest BCUT2D eigenvalue weighted by atomic mass is 9.99. The molecule has 3 heteroatoms. The van der Waals surface area contributed by atoms with Crippen molar-refractivity contribution in [1.29, 1.82) is 0 Å². The molecule has 0 saturated carbocycles. The van der Waals surface area contributed by atoms with Crippen molar-refractivity contribution in [2.45, 2.75) is 32.6 Å². The van der Waals surface area contributed by atoms with Gasteiger partial charge in [0.05, 0.1) is 24.2 Å². The molecule has 1 aromatic heterocycles. The van der Waals surface area contributed by atoms with Gasteiger partial charge in [0.25, 0.3) is 0 Å². The topological polar surface area (TPSA) is 25.6 Å². The summed E-state index contributed by atoms with van der Waals surface area (Å²) in [5.41, 5.74) is 7.52. The molecule has 0 N–H and O–H groups in total. The minimum absolute atomic E-state index is 0.782. The van der Waals surface area contributed by atoms with Gasteiger partial charge in [0.1, 0.15) is 5.75 Å². The molecule has 2 aromatic carbocycles. The summed E-state index contributed by atoms with van der Waals surface area (Å²) in [6.45, 7) is 2.95. The molecule has 0 bridgehead atoms. The van der Waals surface area contributed by atoms with Crippen molar-refractivity contribution in [3.8, 4) is 5.75 Å². The molecular formula is C22H21NO2. The maximum atomic E-state index is 6.15. The Kier molecular flexibility index (Phi) is 3.34. The molecule has 0 amide bonds. The summed E-state index contributed by atoms with van der Waals surface area (Å²) in [5, 5.41) is 0. The minimum atomic E-state index is 0.782. The fourth-order valence-corrected chi connectivity index (χ4v) is 4.06. The van der Waals surface area contributed by atoms with Crippen molar-refractivity contribution in [3.05, 3.63) is 71.0 Å². The van der Waals surface area contributed by atoms with Crippen molar-refractivity contribution in [2.24, 2.45) is 0 Å². The van der Waals surface area contributed by atoms with E-state index in [0.29, 0.717) is 0 Å². The fourth-order valence-electron chi connectivity index (χ4n) is 4.06. The first kappa shape index (κ1) is 14.6. The summed E-state index contributed by atoms with van der Waals surface area (Å²) in [6, 6.07) is 15.1. The molecule has 2 aliphatic rings. The number of furan rings is 1. The summed E-state index contributed by atoms with van der Waals surface area (Å²) in [4.78, 5) is 2.25. The molecule has 0 atom stereocenters. The Balaban J connectivity index is 1.78. The number of rotatable bonds is 1. The van der Waals surface area contributed by atoms with E-state index in [1.807, 2.05) is 0 Å². The summed E-state index contributed by atoms with van der Waals surface area (Å²) in [5.74, 6) is 1.94. The van der Waals surface area contributed by atoms with Crippen LogP contribution in [-0.2, 0) is 19.3 Å². The highest BCUT2D eigenvalue weighted by Crippen LogP contribution is 2.47. The molecule has 0 unspecified atom stereocenters. The van der Waals surface area contributed by atoms with Crippen LogP contribution in [0.15, 0.2) is 53.1 Å².